The summed E-state index contributed by atoms with van der Waals surface area (Å²) in [5, 5.41) is 0. The average molecular weight is 196 g/mol. The first-order valence-electron chi connectivity index (χ1n) is 5.49. The van der Waals surface area contributed by atoms with Crippen LogP contribution < -0.4 is 0 Å². The quantitative estimate of drug-likeness (QED) is 0.623. The maximum Gasteiger partial charge on any atom is 0.239 e. The van der Waals surface area contributed by atoms with E-state index < -0.39 is 0 Å². The molecule has 0 aliphatic carbocycles. The van der Waals surface area contributed by atoms with Crippen LogP contribution in [0, 0.1) is 5.41 Å². The predicted molar refractivity (Wildman–Crippen MR) is 56.0 cm³/mol. The highest BCUT2D eigenvalue weighted by atomic mass is 16.2. The van der Waals surface area contributed by atoms with E-state index in [1.54, 1.807) is 0 Å². The standard InChI is InChI=1S/C11H20N2O/c1-11(2)5-7-13(8-11)10(14)9-4-6-12(9)3/h9H,4-8H2,1-3H3/t9-/m0/s1. The largest absolute Gasteiger partial charge is 0.341 e. The minimum atomic E-state index is 0.184. The number of carbonyl (C=O) groups excluding carboxylic acids is 1. The van der Waals surface area contributed by atoms with Crippen molar-refractivity contribution >= 4 is 5.91 Å². The van der Waals surface area contributed by atoms with E-state index in [-0.39, 0.29) is 6.04 Å². The lowest BCUT2D eigenvalue weighted by atomic mass is 9.93. The molecule has 2 fully saturated rings. The molecule has 2 heterocycles. The van der Waals surface area contributed by atoms with Gasteiger partial charge in [-0.25, -0.2) is 0 Å². The minimum absolute atomic E-state index is 0.184. The molecule has 0 unspecified atom stereocenters. The third-order valence-electron chi connectivity index (χ3n) is 3.56. The van der Waals surface area contributed by atoms with E-state index in [0.717, 1.165) is 32.5 Å². The monoisotopic (exact) mass is 196 g/mol. The first-order valence-corrected chi connectivity index (χ1v) is 5.49. The fourth-order valence-corrected chi connectivity index (χ4v) is 2.34. The van der Waals surface area contributed by atoms with Crippen molar-refractivity contribution in [3.8, 4) is 0 Å². The Morgan fingerprint density at radius 2 is 2.07 bits per heavy atom. The van der Waals surface area contributed by atoms with Crippen molar-refractivity contribution in [3.63, 3.8) is 0 Å². The Labute approximate surface area is 86.1 Å². The average Bonchev–Trinajstić information content (AvgIpc) is 2.43. The topological polar surface area (TPSA) is 23.6 Å². The van der Waals surface area contributed by atoms with Crippen molar-refractivity contribution in [2.75, 3.05) is 26.7 Å². The molecule has 80 valence electrons. The third kappa shape index (κ3) is 1.65. The van der Waals surface area contributed by atoms with Gasteiger partial charge in [0.2, 0.25) is 5.91 Å². The fourth-order valence-electron chi connectivity index (χ4n) is 2.34. The van der Waals surface area contributed by atoms with Gasteiger partial charge in [0, 0.05) is 19.6 Å². The molecule has 3 nitrogen and oxygen atoms in total. The molecule has 0 bridgehead atoms. The van der Waals surface area contributed by atoms with Gasteiger partial charge in [-0.1, -0.05) is 13.8 Å². The summed E-state index contributed by atoms with van der Waals surface area (Å²) in [5.74, 6) is 0.351. The molecule has 0 spiro atoms. The molecule has 2 rings (SSSR count). The zero-order valence-corrected chi connectivity index (χ0v) is 9.42. The van der Waals surface area contributed by atoms with Gasteiger partial charge in [-0.05, 0) is 25.3 Å². The lowest BCUT2D eigenvalue weighted by Gasteiger charge is -2.38. The Hall–Kier alpha value is -0.570. The van der Waals surface area contributed by atoms with Gasteiger partial charge in [-0.3, -0.25) is 9.69 Å². The number of hydrogen-bond donors (Lipinski definition) is 0. The summed E-state index contributed by atoms with van der Waals surface area (Å²) < 4.78 is 0. The van der Waals surface area contributed by atoms with Crippen LogP contribution in [0.1, 0.15) is 26.7 Å². The van der Waals surface area contributed by atoms with E-state index in [9.17, 15) is 4.79 Å². The van der Waals surface area contributed by atoms with E-state index in [4.69, 9.17) is 0 Å². The van der Waals surface area contributed by atoms with Crippen LogP contribution in [-0.2, 0) is 4.79 Å². The van der Waals surface area contributed by atoms with Crippen molar-refractivity contribution < 1.29 is 4.79 Å². The van der Waals surface area contributed by atoms with Crippen LogP contribution in [-0.4, -0.2) is 48.4 Å². The lowest BCUT2D eigenvalue weighted by molar-refractivity contribution is -0.139. The van der Waals surface area contributed by atoms with Crippen LogP contribution in [0.3, 0.4) is 0 Å². The van der Waals surface area contributed by atoms with Crippen molar-refractivity contribution in [1.29, 1.82) is 0 Å². The van der Waals surface area contributed by atoms with Crippen LogP contribution in [0.5, 0.6) is 0 Å². The molecular formula is C11H20N2O. The van der Waals surface area contributed by atoms with Gasteiger partial charge in [-0.2, -0.15) is 0 Å². The lowest BCUT2D eigenvalue weighted by Crippen LogP contribution is -2.54. The van der Waals surface area contributed by atoms with Crippen LogP contribution in [0.25, 0.3) is 0 Å². The SMILES string of the molecule is CN1CC[C@H]1C(=O)N1CCC(C)(C)C1. The molecule has 2 aliphatic heterocycles. The van der Waals surface area contributed by atoms with Crippen LogP contribution in [0.4, 0.5) is 0 Å². The van der Waals surface area contributed by atoms with E-state index in [0.29, 0.717) is 11.3 Å². The molecule has 0 aromatic heterocycles. The van der Waals surface area contributed by atoms with Crippen LogP contribution in [0.15, 0.2) is 0 Å². The summed E-state index contributed by atoms with van der Waals surface area (Å²) in [7, 11) is 2.04. The zero-order valence-electron chi connectivity index (χ0n) is 9.42. The van der Waals surface area contributed by atoms with Gasteiger partial charge in [0.05, 0.1) is 6.04 Å². The number of rotatable bonds is 1. The van der Waals surface area contributed by atoms with E-state index in [2.05, 4.69) is 18.7 Å². The van der Waals surface area contributed by atoms with Gasteiger partial charge in [0.1, 0.15) is 0 Å². The molecule has 2 aliphatic rings. The van der Waals surface area contributed by atoms with Crippen molar-refractivity contribution in [3.05, 3.63) is 0 Å². The molecule has 0 radical (unpaired) electrons. The molecule has 2 saturated heterocycles. The Balaban J connectivity index is 1.93. The number of likely N-dealkylation sites (N-methyl/N-ethyl adjacent to an activating group) is 1. The number of likely N-dealkylation sites (tertiary alicyclic amines) is 2. The van der Waals surface area contributed by atoms with Crippen molar-refractivity contribution in [1.82, 2.24) is 9.80 Å². The normalized spacial score (nSPS) is 31.6. The third-order valence-corrected chi connectivity index (χ3v) is 3.56. The second kappa shape index (κ2) is 3.23. The molecule has 3 heteroatoms. The number of nitrogens with zero attached hydrogens (tertiary/aromatic N) is 2. The second-order valence-electron chi connectivity index (χ2n) is 5.46. The summed E-state index contributed by atoms with van der Waals surface area (Å²) in [6, 6.07) is 0.184. The summed E-state index contributed by atoms with van der Waals surface area (Å²) >= 11 is 0. The number of amides is 1. The summed E-state index contributed by atoms with van der Waals surface area (Å²) in [6.45, 7) is 7.45. The molecule has 0 aromatic carbocycles. The van der Waals surface area contributed by atoms with Gasteiger partial charge in [0.25, 0.3) is 0 Å². The highest BCUT2D eigenvalue weighted by Crippen LogP contribution is 2.30. The maximum absolute atomic E-state index is 12.0. The zero-order chi connectivity index (χ0) is 10.3. The number of hydrogen-bond acceptors (Lipinski definition) is 2. The highest BCUT2D eigenvalue weighted by molar-refractivity contribution is 5.83. The van der Waals surface area contributed by atoms with E-state index in [1.165, 1.54) is 0 Å². The summed E-state index contributed by atoms with van der Waals surface area (Å²) in [4.78, 5) is 16.2. The summed E-state index contributed by atoms with van der Waals surface area (Å²) in [6.07, 6.45) is 2.20. The maximum atomic E-state index is 12.0. The highest BCUT2D eigenvalue weighted by Gasteiger charge is 2.39. The Kier molecular flexibility index (Phi) is 2.30. The molecule has 0 saturated carbocycles. The molecule has 1 atom stereocenters. The van der Waals surface area contributed by atoms with E-state index >= 15 is 0 Å². The van der Waals surface area contributed by atoms with E-state index in [1.807, 2.05) is 11.9 Å². The van der Waals surface area contributed by atoms with Crippen LogP contribution in [0.2, 0.25) is 0 Å². The van der Waals surface area contributed by atoms with Gasteiger partial charge in [-0.15, -0.1) is 0 Å². The Morgan fingerprint density at radius 3 is 2.43 bits per heavy atom. The fraction of sp³-hybridized carbons (Fsp3) is 0.909. The van der Waals surface area contributed by atoms with Gasteiger partial charge < -0.3 is 4.90 Å². The van der Waals surface area contributed by atoms with Gasteiger partial charge in [0.15, 0.2) is 0 Å². The molecular weight excluding hydrogens is 176 g/mol. The minimum Gasteiger partial charge on any atom is -0.341 e. The first kappa shape index (κ1) is 9.97. The molecule has 1 amide bonds. The predicted octanol–water partition coefficient (Wildman–Crippen LogP) is 0.949. The van der Waals surface area contributed by atoms with Gasteiger partial charge >= 0.3 is 0 Å². The Morgan fingerprint density at radius 1 is 1.36 bits per heavy atom. The second-order valence-corrected chi connectivity index (χ2v) is 5.46. The summed E-state index contributed by atoms with van der Waals surface area (Å²) in [5.41, 5.74) is 0.331. The molecule has 0 N–H and O–H groups in total. The smallest absolute Gasteiger partial charge is 0.239 e. The number of carbonyl (C=O) groups is 1. The van der Waals surface area contributed by atoms with Crippen molar-refractivity contribution in [2.45, 2.75) is 32.7 Å². The van der Waals surface area contributed by atoms with Crippen molar-refractivity contribution in [2.24, 2.45) is 5.41 Å². The first-order chi connectivity index (χ1) is 6.49. The molecule has 14 heavy (non-hydrogen) atoms. The Bertz CT molecular complexity index is 250. The molecule has 0 aromatic rings. The van der Waals surface area contributed by atoms with Crippen LogP contribution >= 0.6 is 0 Å².